The fourth-order valence-electron chi connectivity index (χ4n) is 1.46. The van der Waals surface area contributed by atoms with E-state index in [-0.39, 0.29) is 6.61 Å². The van der Waals surface area contributed by atoms with E-state index in [2.05, 4.69) is 0 Å². The minimum atomic E-state index is 0.274. The Kier molecular flexibility index (Phi) is 5.51. The summed E-state index contributed by atoms with van der Waals surface area (Å²) in [6, 6.07) is 5.76. The molecule has 0 fully saturated rings. The van der Waals surface area contributed by atoms with Crippen molar-refractivity contribution >= 4 is 11.6 Å². The molecule has 15 heavy (non-hydrogen) atoms. The second-order valence-corrected chi connectivity index (χ2v) is 3.90. The predicted octanol–water partition coefficient (Wildman–Crippen LogP) is 3.05. The molecule has 0 atom stereocenters. The third kappa shape index (κ3) is 4.10. The fourth-order valence-corrected chi connectivity index (χ4v) is 1.73. The van der Waals surface area contributed by atoms with Crippen LogP contribution >= 0.6 is 11.6 Å². The molecule has 0 unspecified atom stereocenters. The third-order valence-electron chi connectivity index (χ3n) is 2.36. The first kappa shape index (κ1) is 12.3. The van der Waals surface area contributed by atoms with E-state index < -0.39 is 0 Å². The highest BCUT2D eigenvalue weighted by Gasteiger charge is 2.01. The SMILES string of the molecule is COc1ccc(CCCCCO)c(Cl)c1. The van der Waals surface area contributed by atoms with Crippen LogP contribution in [0.2, 0.25) is 5.02 Å². The van der Waals surface area contributed by atoms with Crippen LogP contribution in [0.25, 0.3) is 0 Å². The van der Waals surface area contributed by atoms with Gasteiger partial charge in [-0.25, -0.2) is 0 Å². The minimum absolute atomic E-state index is 0.274. The molecule has 0 aliphatic carbocycles. The lowest BCUT2D eigenvalue weighted by Crippen LogP contribution is -1.90. The Bertz CT molecular complexity index is 300. The summed E-state index contributed by atoms with van der Waals surface area (Å²) in [5.41, 5.74) is 1.15. The van der Waals surface area contributed by atoms with Crippen LogP contribution in [-0.4, -0.2) is 18.8 Å². The standard InChI is InChI=1S/C12H17ClO2/c1-15-11-7-6-10(12(13)9-11)5-3-2-4-8-14/h6-7,9,14H,2-5,8H2,1H3. The van der Waals surface area contributed by atoms with E-state index in [0.717, 1.165) is 42.0 Å². The van der Waals surface area contributed by atoms with E-state index in [0.29, 0.717) is 0 Å². The molecule has 2 nitrogen and oxygen atoms in total. The largest absolute Gasteiger partial charge is 0.497 e. The lowest BCUT2D eigenvalue weighted by atomic mass is 10.1. The van der Waals surface area contributed by atoms with Gasteiger partial charge in [-0.1, -0.05) is 24.1 Å². The van der Waals surface area contributed by atoms with Crippen molar-refractivity contribution in [3.63, 3.8) is 0 Å². The summed E-state index contributed by atoms with van der Waals surface area (Å²) in [4.78, 5) is 0. The van der Waals surface area contributed by atoms with Crippen molar-refractivity contribution in [2.24, 2.45) is 0 Å². The molecule has 0 aromatic heterocycles. The van der Waals surface area contributed by atoms with Crippen LogP contribution < -0.4 is 4.74 Å². The minimum Gasteiger partial charge on any atom is -0.497 e. The maximum Gasteiger partial charge on any atom is 0.120 e. The van der Waals surface area contributed by atoms with E-state index in [9.17, 15) is 0 Å². The summed E-state index contributed by atoms with van der Waals surface area (Å²) >= 11 is 6.09. The van der Waals surface area contributed by atoms with E-state index in [1.165, 1.54) is 0 Å². The lowest BCUT2D eigenvalue weighted by molar-refractivity contribution is 0.283. The van der Waals surface area contributed by atoms with Crippen LogP contribution in [0.4, 0.5) is 0 Å². The predicted molar refractivity (Wildman–Crippen MR) is 62.6 cm³/mol. The molecule has 0 bridgehead atoms. The van der Waals surface area contributed by atoms with Crippen LogP contribution in [0.1, 0.15) is 24.8 Å². The number of aliphatic hydroxyl groups is 1. The van der Waals surface area contributed by atoms with Crippen LogP contribution in [-0.2, 0) is 6.42 Å². The first-order chi connectivity index (χ1) is 7.27. The Balaban J connectivity index is 2.47. The zero-order valence-electron chi connectivity index (χ0n) is 9.00. The summed E-state index contributed by atoms with van der Waals surface area (Å²) in [7, 11) is 1.63. The van der Waals surface area contributed by atoms with Crippen molar-refractivity contribution in [1.29, 1.82) is 0 Å². The summed E-state index contributed by atoms with van der Waals surface area (Å²) in [6.07, 6.45) is 3.93. The number of aliphatic hydroxyl groups excluding tert-OH is 1. The smallest absolute Gasteiger partial charge is 0.120 e. The van der Waals surface area contributed by atoms with Gasteiger partial charge >= 0.3 is 0 Å². The Morgan fingerprint density at radius 1 is 1.27 bits per heavy atom. The Morgan fingerprint density at radius 2 is 2.07 bits per heavy atom. The summed E-state index contributed by atoms with van der Waals surface area (Å²) in [6.45, 7) is 0.274. The van der Waals surface area contributed by atoms with Crippen LogP contribution in [0.5, 0.6) is 5.75 Å². The highest BCUT2D eigenvalue weighted by Crippen LogP contribution is 2.23. The molecule has 0 heterocycles. The first-order valence-electron chi connectivity index (χ1n) is 5.21. The zero-order chi connectivity index (χ0) is 11.1. The highest BCUT2D eigenvalue weighted by atomic mass is 35.5. The van der Waals surface area contributed by atoms with Crippen molar-refractivity contribution in [1.82, 2.24) is 0 Å². The Morgan fingerprint density at radius 3 is 2.67 bits per heavy atom. The topological polar surface area (TPSA) is 29.5 Å². The Labute approximate surface area is 95.8 Å². The molecule has 0 saturated heterocycles. The van der Waals surface area contributed by atoms with Crippen molar-refractivity contribution in [3.8, 4) is 5.75 Å². The van der Waals surface area contributed by atoms with E-state index in [1.54, 1.807) is 7.11 Å². The average molecular weight is 229 g/mol. The molecule has 84 valence electrons. The monoisotopic (exact) mass is 228 g/mol. The van der Waals surface area contributed by atoms with Crippen molar-refractivity contribution in [2.75, 3.05) is 13.7 Å². The molecule has 1 aromatic rings. The van der Waals surface area contributed by atoms with Gasteiger partial charge in [-0.05, 0) is 37.0 Å². The molecular weight excluding hydrogens is 212 g/mol. The number of unbranched alkanes of at least 4 members (excludes halogenated alkanes) is 2. The van der Waals surface area contributed by atoms with Crippen LogP contribution in [0.15, 0.2) is 18.2 Å². The van der Waals surface area contributed by atoms with Gasteiger partial charge in [-0.3, -0.25) is 0 Å². The normalized spacial score (nSPS) is 10.3. The van der Waals surface area contributed by atoms with Gasteiger partial charge in [0.1, 0.15) is 5.75 Å². The van der Waals surface area contributed by atoms with Gasteiger partial charge in [0.05, 0.1) is 7.11 Å². The van der Waals surface area contributed by atoms with Gasteiger partial charge in [-0.2, -0.15) is 0 Å². The van der Waals surface area contributed by atoms with Crippen LogP contribution in [0, 0.1) is 0 Å². The molecule has 3 heteroatoms. The molecule has 0 saturated carbocycles. The first-order valence-corrected chi connectivity index (χ1v) is 5.59. The molecular formula is C12H17ClO2. The highest BCUT2D eigenvalue weighted by molar-refractivity contribution is 6.31. The number of aryl methyl sites for hydroxylation is 1. The molecule has 0 amide bonds. The number of ether oxygens (including phenoxy) is 1. The molecule has 0 spiro atoms. The van der Waals surface area contributed by atoms with Crippen molar-refractivity contribution < 1.29 is 9.84 Å². The molecule has 1 rings (SSSR count). The number of rotatable bonds is 6. The number of halogens is 1. The molecule has 0 aliphatic rings. The second kappa shape index (κ2) is 6.70. The molecule has 1 aromatic carbocycles. The van der Waals surface area contributed by atoms with E-state index in [1.807, 2.05) is 18.2 Å². The lowest BCUT2D eigenvalue weighted by Gasteiger charge is -2.06. The van der Waals surface area contributed by atoms with E-state index >= 15 is 0 Å². The Hall–Kier alpha value is -0.730. The number of hydrogen-bond acceptors (Lipinski definition) is 2. The summed E-state index contributed by atoms with van der Waals surface area (Å²) in [5.74, 6) is 0.791. The summed E-state index contributed by atoms with van der Waals surface area (Å²) in [5, 5.41) is 9.41. The van der Waals surface area contributed by atoms with Crippen LogP contribution in [0.3, 0.4) is 0 Å². The van der Waals surface area contributed by atoms with Crippen molar-refractivity contribution in [3.05, 3.63) is 28.8 Å². The number of benzene rings is 1. The molecule has 0 radical (unpaired) electrons. The van der Waals surface area contributed by atoms with Gasteiger partial charge in [0, 0.05) is 11.6 Å². The van der Waals surface area contributed by atoms with E-state index in [4.69, 9.17) is 21.4 Å². The van der Waals surface area contributed by atoms with Gasteiger partial charge in [0.25, 0.3) is 0 Å². The fraction of sp³-hybridized carbons (Fsp3) is 0.500. The summed E-state index contributed by atoms with van der Waals surface area (Å²) < 4.78 is 5.08. The van der Waals surface area contributed by atoms with Gasteiger partial charge in [-0.15, -0.1) is 0 Å². The number of hydrogen-bond donors (Lipinski definition) is 1. The van der Waals surface area contributed by atoms with Crippen molar-refractivity contribution in [2.45, 2.75) is 25.7 Å². The van der Waals surface area contributed by atoms with Gasteiger partial charge in [0.2, 0.25) is 0 Å². The maximum atomic E-state index is 8.64. The molecule has 1 N–H and O–H groups in total. The average Bonchev–Trinajstić information content (AvgIpc) is 2.26. The van der Waals surface area contributed by atoms with Gasteiger partial charge in [0.15, 0.2) is 0 Å². The maximum absolute atomic E-state index is 8.64. The molecule has 0 aliphatic heterocycles. The quantitative estimate of drug-likeness (QED) is 0.759. The second-order valence-electron chi connectivity index (χ2n) is 3.49. The van der Waals surface area contributed by atoms with Gasteiger partial charge < -0.3 is 9.84 Å². The third-order valence-corrected chi connectivity index (χ3v) is 2.72. The number of methoxy groups -OCH3 is 1. The zero-order valence-corrected chi connectivity index (χ0v) is 9.76.